The minimum atomic E-state index is -4.36. The van der Waals surface area contributed by atoms with E-state index < -0.39 is 11.7 Å². The summed E-state index contributed by atoms with van der Waals surface area (Å²) in [6, 6.07) is 2.82. The molecule has 0 heterocycles. The van der Waals surface area contributed by atoms with Gasteiger partial charge in [0.15, 0.2) is 0 Å². The fraction of sp³-hybridized carbons (Fsp3) is 0.143. The summed E-state index contributed by atoms with van der Waals surface area (Å²) < 4.78 is 36.0. The van der Waals surface area contributed by atoms with Crippen LogP contribution < -0.4 is 5.46 Å². The van der Waals surface area contributed by atoms with Crippen molar-refractivity contribution in [3.63, 3.8) is 0 Å². The topological polar surface area (TPSA) is 63.0 Å². The van der Waals surface area contributed by atoms with Crippen LogP contribution in [0, 0.1) is 0 Å². The molecule has 1 rings (SSSR count). The number of alkyl halides is 3. The van der Waals surface area contributed by atoms with Gasteiger partial charge in [0.2, 0.25) is 0 Å². The van der Waals surface area contributed by atoms with E-state index in [4.69, 9.17) is 19.4 Å². The number of hydrogen-bond acceptors (Lipinski definition) is 0. The van der Waals surface area contributed by atoms with Crippen molar-refractivity contribution >= 4 is 24.9 Å². The molecule has 1 aromatic rings. The van der Waals surface area contributed by atoms with Crippen LogP contribution in [0.2, 0.25) is 5.02 Å². The first-order valence-corrected chi connectivity index (χ1v) is 3.41. The molecule has 0 aliphatic carbocycles. The Kier molecular flexibility index (Phi) is 5.89. The van der Waals surface area contributed by atoms with Crippen molar-refractivity contribution in [2.24, 2.45) is 0 Å². The molecule has 0 saturated carbocycles. The lowest BCUT2D eigenvalue weighted by Gasteiger charge is -2.07. The number of benzene rings is 1. The molecule has 0 aromatic heterocycles. The normalized spacial score (nSPS) is 10.0. The Morgan fingerprint density at radius 1 is 1.14 bits per heavy atom. The maximum Gasteiger partial charge on any atom is 0.416 e. The standard InChI is InChI=1S/C7H3BClF3.2H2O/c8-5-2-1-4(3-6(5)9)7(10,11)12;;/h1-3H;2*1H2. The van der Waals surface area contributed by atoms with Crippen molar-refractivity contribution in [2.45, 2.75) is 6.18 Å². The Morgan fingerprint density at radius 3 is 2.00 bits per heavy atom. The summed E-state index contributed by atoms with van der Waals surface area (Å²) >= 11 is 5.39. The average Bonchev–Trinajstić information content (AvgIpc) is 1.92. The van der Waals surface area contributed by atoms with E-state index in [2.05, 4.69) is 0 Å². The van der Waals surface area contributed by atoms with Gasteiger partial charge >= 0.3 is 6.18 Å². The number of halogens is 4. The molecule has 0 atom stereocenters. The predicted octanol–water partition coefficient (Wildman–Crippen LogP) is 0.503. The third-order valence-electron chi connectivity index (χ3n) is 1.33. The van der Waals surface area contributed by atoms with Crippen LogP contribution in [0.25, 0.3) is 0 Å². The molecule has 0 unspecified atom stereocenters. The first-order chi connectivity index (χ1) is 5.41. The SMILES string of the molecule is O.O.[B]c1ccc(C(F)(F)F)cc1Cl. The van der Waals surface area contributed by atoms with Crippen molar-refractivity contribution in [3.05, 3.63) is 28.8 Å². The fourth-order valence-electron chi connectivity index (χ4n) is 0.703. The summed E-state index contributed by atoms with van der Waals surface area (Å²) in [6.07, 6.45) is -4.36. The molecule has 78 valence electrons. The molecule has 0 fully saturated rings. The summed E-state index contributed by atoms with van der Waals surface area (Å²) in [4.78, 5) is 0. The maximum absolute atomic E-state index is 12.0. The van der Waals surface area contributed by atoms with Gasteiger partial charge in [-0.25, -0.2) is 0 Å². The Balaban J connectivity index is 0. The van der Waals surface area contributed by atoms with Crippen LogP contribution in [0.3, 0.4) is 0 Å². The third kappa shape index (κ3) is 3.57. The summed E-state index contributed by atoms with van der Waals surface area (Å²) in [5, 5.41) is -0.0789. The van der Waals surface area contributed by atoms with Gasteiger partial charge in [0, 0.05) is 5.02 Å². The van der Waals surface area contributed by atoms with E-state index in [9.17, 15) is 13.2 Å². The van der Waals surface area contributed by atoms with Gasteiger partial charge in [-0.1, -0.05) is 29.2 Å². The highest BCUT2D eigenvalue weighted by Gasteiger charge is 2.30. The van der Waals surface area contributed by atoms with Gasteiger partial charge in [-0.3, -0.25) is 0 Å². The molecule has 1 aromatic carbocycles. The highest BCUT2D eigenvalue weighted by molar-refractivity contribution is 6.45. The Hall–Kier alpha value is -0.715. The monoisotopic (exact) mass is 226 g/mol. The largest absolute Gasteiger partial charge is 0.416 e. The number of hydrogen-bond donors (Lipinski definition) is 0. The smallest absolute Gasteiger partial charge is 0.412 e. The summed E-state index contributed by atoms with van der Waals surface area (Å²) in [6.45, 7) is 0. The fourth-order valence-corrected chi connectivity index (χ4v) is 0.884. The molecule has 0 aliphatic heterocycles. The molecule has 2 nitrogen and oxygen atoms in total. The second kappa shape index (κ2) is 5.24. The van der Waals surface area contributed by atoms with Gasteiger partial charge < -0.3 is 11.0 Å². The van der Waals surface area contributed by atoms with Crippen LogP contribution in [-0.2, 0) is 6.18 Å². The van der Waals surface area contributed by atoms with Gasteiger partial charge in [0.05, 0.1) is 5.56 Å². The molecular formula is C7H7BClF3O2. The average molecular weight is 226 g/mol. The zero-order chi connectivity index (χ0) is 9.35. The molecule has 0 saturated heterocycles. The highest BCUT2D eigenvalue weighted by Crippen LogP contribution is 2.29. The molecule has 0 bridgehead atoms. The third-order valence-corrected chi connectivity index (χ3v) is 1.66. The van der Waals surface area contributed by atoms with E-state index in [1.54, 1.807) is 0 Å². The van der Waals surface area contributed by atoms with Gasteiger partial charge in [-0.2, -0.15) is 13.2 Å². The lowest BCUT2D eigenvalue weighted by Crippen LogP contribution is -2.09. The summed E-state index contributed by atoms with van der Waals surface area (Å²) in [5.74, 6) is 0. The van der Waals surface area contributed by atoms with Crippen LogP contribution >= 0.6 is 11.6 Å². The lowest BCUT2D eigenvalue weighted by atomic mass is 9.95. The van der Waals surface area contributed by atoms with Crippen LogP contribution in [0.15, 0.2) is 18.2 Å². The maximum atomic E-state index is 12.0. The van der Waals surface area contributed by atoms with Crippen molar-refractivity contribution in [2.75, 3.05) is 0 Å². The van der Waals surface area contributed by atoms with E-state index in [0.29, 0.717) is 0 Å². The van der Waals surface area contributed by atoms with Crippen LogP contribution in [0.5, 0.6) is 0 Å². The van der Waals surface area contributed by atoms with Crippen molar-refractivity contribution in [1.29, 1.82) is 0 Å². The quantitative estimate of drug-likeness (QED) is 0.579. The molecule has 0 amide bonds. The second-order valence-electron chi connectivity index (χ2n) is 2.23. The molecule has 0 aliphatic rings. The Morgan fingerprint density at radius 2 is 1.64 bits per heavy atom. The summed E-state index contributed by atoms with van der Waals surface area (Å²) in [5.41, 5.74) is -0.647. The van der Waals surface area contributed by atoms with Crippen molar-refractivity contribution < 1.29 is 24.1 Å². The van der Waals surface area contributed by atoms with E-state index in [-0.39, 0.29) is 21.4 Å². The van der Waals surface area contributed by atoms with E-state index >= 15 is 0 Å². The van der Waals surface area contributed by atoms with Crippen molar-refractivity contribution in [3.8, 4) is 0 Å². The van der Waals surface area contributed by atoms with Crippen LogP contribution in [-0.4, -0.2) is 18.8 Å². The zero-order valence-corrected chi connectivity index (χ0v) is 7.58. The molecule has 4 N–H and O–H groups in total. The van der Waals surface area contributed by atoms with E-state index in [0.717, 1.165) is 18.2 Å². The van der Waals surface area contributed by atoms with Gasteiger partial charge in [0.25, 0.3) is 0 Å². The summed E-state index contributed by atoms with van der Waals surface area (Å²) in [7, 11) is 5.23. The molecular weight excluding hydrogens is 219 g/mol. The van der Waals surface area contributed by atoms with Crippen molar-refractivity contribution in [1.82, 2.24) is 0 Å². The minimum Gasteiger partial charge on any atom is -0.412 e. The second-order valence-corrected chi connectivity index (χ2v) is 2.64. The minimum absolute atomic E-state index is 0. The van der Waals surface area contributed by atoms with Gasteiger partial charge in [0.1, 0.15) is 7.85 Å². The van der Waals surface area contributed by atoms with E-state index in [1.807, 2.05) is 0 Å². The molecule has 2 radical (unpaired) electrons. The lowest BCUT2D eigenvalue weighted by molar-refractivity contribution is -0.137. The number of rotatable bonds is 0. The van der Waals surface area contributed by atoms with E-state index in [1.165, 1.54) is 0 Å². The van der Waals surface area contributed by atoms with Gasteiger partial charge in [-0.05, 0) is 6.07 Å². The first-order valence-electron chi connectivity index (χ1n) is 3.03. The molecule has 0 spiro atoms. The zero-order valence-electron chi connectivity index (χ0n) is 6.82. The highest BCUT2D eigenvalue weighted by atomic mass is 35.5. The predicted molar refractivity (Wildman–Crippen MR) is 49.1 cm³/mol. The Bertz CT molecular complexity index is 303. The molecule has 7 heteroatoms. The van der Waals surface area contributed by atoms with Gasteiger partial charge in [-0.15, -0.1) is 0 Å². The Labute approximate surface area is 84.7 Å². The van der Waals surface area contributed by atoms with Crippen LogP contribution in [0.1, 0.15) is 5.56 Å². The van der Waals surface area contributed by atoms with Crippen LogP contribution in [0.4, 0.5) is 13.2 Å². The molecule has 14 heavy (non-hydrogen) atoms. The first kappa shape index (κ1) is 15.7.